The van der Waals surface area contributed by atoms with Gasteiger partial charge in [0.05, 0.1) is 0 Å². The maximum Gasteiger partial charge on any atom is 0.0226 e. The van der Waals surface area contributed by atoms with Crippen LogP contribution in [0.15, 0.2) is 44.6 Å². The molecule has 0 atom stereocenters. The largest absolute Gasteiger partial charge is 1.00 e. The van der Waals surface area contributed by atoms with Crippen LogP contribution in [0.2, 0.25) is 0 Å². The van der Waals surface area contributed by atoms with Gasteiger partial charge in [-0.25, -0.2) is 0 Å². The normalized spacial score (nSPS) is 16.4. The van der Waals surface area contributed by atoms with Gasteiger partial charge in [-0.1, -0.05) is 36.1 Å². The first-order valence-corrected chi connectivity index (χ1v) is 7.50. The fraction of sp³-hybridized carbons (Fsp3) is 0.500. The van der Waals surface area contributed by atoms with Crippen molar-refractivity contribution in [2.45, 2.75) is 69.2 Å². The molecular weight excluding hydrogens is 766 g/mol. The maximum absolute atomic E-state index is 2.20. The zero-order valence-corrected chi connectivity index (χ0v) is 25.0. The minimum Gasteiger partial charge on any atom is -1.00 e. The van der Waals surface area contributed by atoms with Crippen LogP contribution in [0.25, 0.3) is 0 Å². The zero-order chi connectivity index (χ0) is 15.8. The van der Waals surface area contributed by atoms with Gasteiger partial charge in [-0.2, -0.15) is 0 Å². The van der Waals surface area contributed by atoms with Crippen molar-refractivity contribution in [1.29, 1.82) is 0 Å². The van der Waals surface area contributed by atoms with Crippen molar-refractivity contribution < 1.29 is 89.8 Å². The first-order valence-electron chi connectivity index (χ1n) is 7.50. The van der Waals surface area contributed by atoms with E-state index in [0.717, 1.165) is 0 Å². The minimum atomic E-state index is 0. The van der Waals surface area contributed by atoms with Gasteiger partial charge in [0.25, 0.3) is 0 Å². The third-order valence-corrected chi connectivity index (χ3v) is 5.62. The first kappa shape index (κ1) is 41.7. The van der Waals surface area contributed by atoms with Crippen LogP contribution in [0.4, 0.5) is 0 Å². The number of hydrogen-bond donors (Lipinski definition) is 0. The summed E-state index contributed by atoms with van der Waals surface area (Å²) in [6, 6.07) is 0. The molecule has 0 amide bonds. The summed E-state index contributed by atoms with van der Waals surface area (Å²) in [6.45, 7) is 22.0. The molecule has 0 aromatic carbocycles. The molecule has 0 N–H and O–H groups in total. The summed E-state index contributed by atoms with van der Waals surface area (Å²) in [6.07, 6.45) is 0. The van der Waals surface area contributed by atoms with E-state index in [9.17, 15) is 0 Å². The Morgan fingerprint density at radius 2 is 0.385 bits per heavy atom. The molecule has 0 bridgehead atoms. The fourth-order valence-corrected chi connectivity index (χ4v) is 2.81. The van der Waals surface area contributed by atoms with E-state index in [0.29, 0.717) is 0 Å². The van der Waals surface area contributed by atoms with Crippen LogP contribution in [0.3, 0.4) is 0 Å². The van der Waals surface area contributed by atoms with E-state index >= 15 is 0 Å². The molecule has 0 nitrogen and oxygen atoms in total. The average Bonchev–Trinajstić information content (AvgIpc) is 2.71. The Labute approximate surface area is 213 Å². The minimum absolute atomic E-state index is 0. The second-order valence-corrected chi connectivity index (χ2v) is 6.25. The van der Waals surface area contributed by atoms with Crippen molar-refractivity contribution in [2.24, 2.45) is 0 Å². The molecule has 0 aromatic rings. The predicted molar refractivity (Wildman–Crippen MR) is 91.3 cm³/mol. The molecule has 2 aliphatic rings. The van der Waals surface area contributed by atoms with Crippen molar-refractivity contribution in [2.75, 3.05) is 0 Å². The van der Waals surface area contributed by atoms with Crippen molar-refractivity contribution in [3.05, 3.63) is 56.4 Å². The number of allylic oxidation sites excluding steroid dienone is 8. The molecule has 0 heterocycles. The number of rotatable bonds is 0. The van der Waals surface area contributed by atoms with Gasteiger partial charge in [-0.15, -0.1) is 0 Å². The number of hydrogen-bond acceptors (Lipinski definition) is 0. The summed E-state index contributed by atoms with van der Waals surface area (Å²) in [4.78, 5) is 0. The Bertz CT molecular complexity index is 460. The van der Waals surface area contributed by atoms with Gasteiger partial charge in [-0.3, -0.25) is 0 Å². The van der Waals surface area contributed by atoms with E-state index < -0.39 is 0 Å². The van der Waals surface area contributed by atoms with Gasteiger partial charge in [0.1, 0.15) is 0 Å². The van der Waals surface area contributed by atoms with E-state index in [-0.39, 0.29) is 89.8 Å². The van der Waals surface area contributed by atoms with Crippen LogP contribution >= 0.6 is 0 Å². The van der Waals surface area contributed by atoms with Crippen LogP contribution in [-0.2, 0) is 40.2 Å². The van der Waals surface area contributed by atoms with Gasteiger partial charge >= 0.3 is 0 Å². The molecule has 0 fully saturated rings. The van der Waals surface area contributed by atoms with Gasteiger partial charge in [-0.05, 0) is 77.7 Å². The second kappa shape index (κ2) is 17.3. The van der Waals surface area contributed by atoms with Crippen molar-refractivity contribution in [3.63, 3.8) is 0 Å². The molecule has 0 spiro atoms. The molecule has 6 heteroatoms. The smallest absolute Gasteiger partial charge is 0.0226 e. The van der Waals surface area contributed by atoms with Crippen LogP contribution < -0.4 is 49.6 Å². The molecular formula is C20H30Cl4Ir2-4. The average molecular weight is 797 g/mol. The van der Waals surface area contributed by atoms with Gasteiger partial charge < -0.3 is 49.6 Å². The maximum atomic E-state index is 2.20. The van der Waals surface area contributed by atoms with E-state index in [1.807, 2.05) is 0 Å². The van der Waals surface area contributed by atoms with E-state index in [2.05, 4.69) is 69.2 Å². The van der Waals surface area contributed by atoms with Crippen LogP contribution in [-0.4, -0.2) is 0 Å². The standard InChI is InChI=1S/2C10H15.4ClH.2Ir/c2*1-6-7(2)9(4)10(5)8(6)3;;;;;;/h2*1-5H3;4*1H;;/p-4. The zero-order valence-electron chi connectivity index (χ0n) is 17.2. The van der Waals surface area contributed by atoms with Gasteiger partial charge in [0, 0.05) is 52.0 Å². The molecule has 2 aliphatic carbocycles. The van der Waals surface area contributed by atoms with Crippen molar-refractivity contribution in [3.8, 4) is 0 Å². The molecule has 0 aromatic heterocycles. The van der Waals surface area contributed by atoms with E-state index in [4.69, 9.17) is 0 Å². The van der Waals surface area contributed by atoms with E-state index in [1.54, 1.807) is 0 Å². The van der Waals surface area contributed by atoms with Gasteiger partial charge in [0.15, 0.2) is 0 Å². The van der Waals surface area contributed by atoms with Crippen LogP contribution in [0.5, 0.6) is 0 Å². The van der Waals surface area contributed by atoms with E-state index in [1.165, 1.54) is 56.4 Å². The first-order chi connectivity index (χ1) is 9.11. The monoisotopic (exact) mass is 796 g/mol. The summed E-state index contributed by atoms with van der Waals surface area (Å²) in [5.41, 5.74) is 11.7. The molecule has 0 unspecified atom stereocenters. The summed E-state index contributed by atoms with van der Waals surface area (Å²) in [5, 5.41) is 0. The Balaban J connectivity index is -0.0000000625. The summed E-state index contributed by atoms with van der Waals surface area (Å²) in [5.74, 6) is 2.94. The molecule has 0 saturated carbocycles. The molecule has 2 rings (SSSR count). The molecule has 26 heavy (non-hydrogen) atoms. The predicted octanol–water partition coefficient (Wildman–Crippen LogP) is -5.45. The Morgan fingerprint density at radius 3 is 0.423 bits per heavy atom. The Morgan fingerprint density at radius 1 is 0.269 bits per heavy atom. The van der Waals surface area contributed by atoms with Gasteiger partial charge in [0.2, 0.25) is 0 Å². The topological polar surface area (TPSA) is 0 Å². The molecule has 4 radical (unpaired) electrons. The van der Waals surface area contributed by atoms with Crippen LogP contribution in [0.1, 0.15) is 69.2 Å². The fourth-order valence-electron chi connectivity index (χ4n) is 2.81. The Kier molecular flexibility index (Phi) is 27.7. The summed E-state index contributed by atoms with van der Waals surface area (Å²) < 4.78 is 0. The third-order valence-electron chi connectivity index (χ3n) is 5.62. The number of halogens is 4. The van der Waals surface area contributed by atoms with Crippen LogP contribution in [0, 0.1) is 11.8 Å². The van der Waals surface area contributed by atoms with Crippen molar-refractivity contribution >= 4 is 0 Å². The quantitative estimate of drug-likeness (QED) is 0.230. The Hall–Kier alpha value is 1.42. The summed E-state index contributed by atoms with van der Waals surface area (Å²) in [7, 11) is 0. The molecule has 0 saturated heterocycles. The van der Waals surface area contributed by atoms with Crippen molar-refractivity contribution in [1.82, 2.24) is 0 Å². The summed E-state index contributed by atoms with van der Waals surface area (Å²) >= 11 is 0. The molecule has 160 valence electrons. The molecule has 0 aliphatic heterocycles. The second-order valence-electron chi connectivity index (χ2n) is 6.25. The third kappa shape index (κ3) is 8.83. The SMILES string of the molecule is C[C]1C(C)=C(C)C(C)=C1C.C[C]1C(C)=C(C)C(C)=C1C.[Cl-].[Cl-].[Cl-].[Cl-].[Ir].[Ir].